The van der Waals surface area contributed by atoms with Crippen molar-refractivity contribution in [3.8, 4) is 0 Å². The Morgan fingerprint density at radius 1 is 1.00 bits per heavy atom. The van der Waals surface area contributed by atoms with E-state index in [1.54, 1.807) is 0 Å². The molecule has 12 heavy (non-hydrogen) atoms. The van der Waals surface area contributed by atoms with E-state index in [4.69, 9.17) is 0 Å². The average molecular weight is 233 g/mol. The minimum absolute atomic E-state index is 2.56. The maximum Gasteiger partial charge on any atom is 0.391 e. The van der Waals surface area contributed by atoms with E-state index in [0.29, 0.717) is 0 Å². The summed E-state index contributed by atoms with van der Waals surface area (Å²) in [6, 6.07) is 0. The van der Waals surface area contributed by atoms with Gasteiger partial charge in [0.15, 0.2) is 0 Å². The van der Waals surface area contributed by atoms with Gasteiger partial charge in [0.05, 0.1) is 0 Å². The van der Waals surface area contributed by atoms with E-state index in [1.807, 2.05) is 0 Å². The summed E-state index contributed by atoms with van der Waals surface area (Å²) in [7, 11) is 0. The van der Waals surface area contributed by atoms with Crippen LogP contribution in [0.2, 0.25) is 0 Å². The van der Waals surface area contributed by atoms with Crippen LogP contribution in [0.3, 0.4) is 0 Å². The number of alkyl halides is 5. The number of hydrogen-bond acceptors (Lipinski definition) is 0. The Hall–Kier alpha value is -0.100. The van der Waals surface area contributed by atoms with Crippen LogP contribution in [0.4, 0.5) is 26.3 Å². The minimum atomic E-state index is -5.44. The lowest BCUT2D eigenvalue weighted by atomic mass is 10.3. The van der Waals surface area contributed by atoms with Gasteiger partial charge in [-0.3, -0.25) is 0 Å². The van der Waals surface area contributed by atoms with Gasteiger partial charge in [0.1, 0.15) is 0 Å². The fourth-order valence-electron chi connectivity index (χ4n) is 0.243. The van der Waals surface area contributed by atoms with Crippen LogP contribution in [-0.2, 0) is 0 Å². The van der Waals surface area contributed by atoms with Gasteiger partial charge in [0.2, 0.25) is 11.1 Å². The summed E-state index contributed by atoms with van der Waals surface area (Å²) in [5, 5.41) is -7.77. The zero-order chi connectivity index (χ0) is 10.2. The Bertz CT molecular complexity index is 200. The van der Waals surface area contributed by atoms with Crippen LogP contribution in [0, 0.1) is 0 Å². The molecule has 8 heteroatoms. The van der Waals surface area contributed by atoms with Crippen molar-refractivity contribution in [1.82, 2.24) is 0 Å². The maximum absolute atomic E-state index is 11.9. The quantitative estimate of drug-likeness (QED) is 0.502. The standard InChI is InChI=1S/C4Cl2F6/c5-2(8)1(7)3(9,10)4(6,11)12/b2-1+. The van der Waals surface area contributed by atoms with Gasteiger partial charge in [-0.15, -0.1) is 0 Å². The molecule has 0 unspecified atom stereocenters. The summed E-state index contributed by atoms with van der Waals surface area (Å²) in [6.45, 7) is 0. The molecule has 0 spiro atoms. The minimum Gasteiger partial charge on any atom is -0.200 e. The molecule has 0 aromatic rings. The summed E-state index contributed by atoms with van der Waals surface area (Å²) >= 11 is 7.87. The maximum atomic E-state index is 11.9. The zero-order valence-corrected chi connectivity index (χ0v) is 6.54. The van der Waals surface area contributed by atoms with Crippen molar-refractivity contribution in [3.63, 3.8) is 0 Å². The second-order valence-corrected chi connectivity index (χ2v) is 2.45. The fourth-order valence-corrected chi connectivity index (χ4v) is 0.445. The van der Waals surface area contributed by atoms with Gasteiger partial charge in [0, 0.05) is 0 Å². The van der Waals surface area contributed by atoms with Crippen molar-refractivity contribution in [1.29, 1.82) is 0 Å². The summed E-state index contributed by atoms with van der Waals surface area (Å²) in [5.74, 6) is -8.54. The second kappa shape index (κ2) is 3.33. The summed E-state index contributed by atoms with van der Waals surface area (Å²) in [6.07, 6.45) is 0. The Labute approximate surface area is 72.7 Å². The fraction of sp³-hybridized carbons (Fsp3) is 0.500. The smallest absolute Gasteiger partial charge is 0.200 e. The van der Waals surface area contributed by atoms with E-state index in [1.165, 1.54) is 0 Å². The van der Waals surface area contributed by atoms with E-state index in [0.717, 1.165) is 0 Å². The highest BCUT2D eigenvalue weighted by atomic mass is 35.5. The Morgan fingerprint density at radius 2 is 1.33 bits per heavy atom. The highest BCUT2D eigenvalue weighted by Crippen LogP contribution is 2.44. The zero-order valence-electron chi connectivity index (χ0n) is 5.02. The van der Waals surface area contributed by atoms with Crippen LogP contribution in [-0.4, -0.2) is 11.3 Å². The molecular weight excluding hydrogens is 233 g/mol. The molecular formula is C4Cl2F6. The molecule has 0 rings (SSSR count). The lowest BCUT2D eigenvalue weighted by Gasteiger charge is -2.18. The molecule has 0 aromatic carbocycles. The van der Waals surface area contributed by atoms with Crippen LogP contribution in [0.25, 0.3) is 0 Å². The van der Waals surface area contributed by atoms with E-state index in [9.17, 15) is 26.3 Å². The molecule has 0 aliphatic rings. The third-order valence-corrected chi connectivity index (χ3v) is 1.20. The van der Waals surface area contributed by atoms with Crippen LogP contribution < -0.4 is 0 Å². The van der Waals surface area contributed by atoms with Crippen molar-refractivity contribution in [2.24, 2.45) is 0 Å². The predicted molar refractivity (Wildman–Crippen MR) is 30.8 cm³/mol. The van der Waals surface area contributed by atoms with Crippen LogP contribution in [0.15, 0.2) is 11.1 Å². The predicted octanol–water partition coefficient (Wildman–Crippen LogP) is 3.80. The Balaban J connectivity index is 5.01. The van der Waals surface area contributed by atoms with Crippen molar-refractivity contribution in [2.75, 3.05) is 0 Å². The van der Waals surface area contributed by atoms with Gasteiger partial charge in [-0.25, -0.2) is 4.39 Å². The lowest BCUT2D eigenvalue weighted by Crippen LogP contribution is -2.36. The number of allylic oxidation sites excluding steroid dienone is 1. The molecule has 0 aliphatic heterocycles. The highest BCUT2D eigenvalue weighted by molar-refractivity contribution is 6.28. The second-order valence-electron chi connectivity index (χ2n) is 1.65. The van der Waals surface area contributed by atoms with Crippen molar-refractivity contribution >= 4 is 23.2 Å². The first-order chi connectivity index (χ1) is 5.10. The summed E-state index contributed by atoms with van der Waals surface area (Å²) < 4.78 is 70.5. The highest BCUT2D eigenvalue weighted by Gasteiger charge is 2.60. The molecule has 0 radical (unpaired) electrons. The summed E-state index contributed by atoms with van der Waals surface area (Å²) in [5.41, 5.74) is 0. The molecule has 0 aliphatic carbocycles. The molecule has 0 fully saturated rings. The molecule has 0 N–H and O–H groups in total. The molecule has 0 atom stereocenters. The molecule has 0 saturated carbocycles. The largest absolute Gasteiger partial charge is 0.391 e. The summed E-state index contributed by atoms with van der Waals surface area (Å²) in [4.78, 5) is 0. The topological polar surface area (TPSA) is 0 Å². The monoisotopic (exact) mass is 232 g/mol. The average Bonchev–Trinajstić information content (AvgIpc) is 1.83. The van der Waals surface area contributed by atoms with Crippen LogP contribution in [0.5, 0.6) is 0 Å². The van der Waals surface area contributed by atoms with Gasteiger partial charge < -0.3 is 0 Å². The third-order valence-electron chi connectivity index (χ3n) is 0.798. The molecule has 0 bridgehead atoms. The van der Waals surface area contributed by atoms with E-state index in [2.05, 4.69) is 23.2 Å². The number of hydrogen-bond donors (Lipinski definition) is 0. The van der Waals surface area contributed by atoms with E-state index < -0.39 is 22.4 Å². The molecule has 0 aromatic heterocycles. The van der Waals surface area contributed by atoms with Crippen molar-refractivity contribution < 1.29 is 26.3 Å². The first-order valence-corrected chi connectivity index (χ1v) is 3.02. The third kappa shape index (κ3) is 2.20. The normalized spacial score (nSPS) is 16.0. The van der Waals surface area contributed by atoms with Crippen LogP contribution in [0.1, 0.15) is 0 Å². The first kappa shape index (κ1) is 11.9. The van der Waals surface area contributed by atoms with Gasteiger partial charge in [-0.2, -0.15) is 22.0 Å². The van der Waals surface area contributed by atoms with Gasteiger partial charge in [-0.05, 0) is 23.2 Å². The number of rotatable bonds is 2. The SMILES string of the molecule is F/C(Cl)=C(/F)C(F)(F)C(F)(F)Cl. The Kier molecular flexibility index (Phi) is 3.31. The molecule has 0 heterocycles. The lowest BCUT2D eigenvalue weighted by molar-refractivity contribution is -0.142. The van der Waals surface area contributed by atoms with Gasteiger partial charge in [-0.1, -0.05) is 0 Å². The molecule has 0 saturated heterocycles. The van der Waals surface area contributed by atoms with Gasteiger partial charge >= 0.3 is 11.3 Å². The van der Waals surface area contributed by atoms with Crippen LogP contribution >= 0.6 is 23.2 Å². The molecule has 72 valence electrons. The first-order valence-electron chi connectivity index (χ1n) is 2.26. The van der Waals surface area contributed by atoms with E-state index in [-0.39, 0.29) is 0 Å². The molecule has 0 amide bonds. The number of halogens is 8. The van der Waals surface area contributed by atoms with E-state index >= 15 is 0 Å². The Morgan fingerprint density at radius 3 is 1.42 bits per heavy atom. The van der Waals surface area contributed by atoms with Crippen molar-refractivity contribution in [2.45, 2.75) is 11.3 Å². The van der Waals surface area contributed by atoms with Crippen molar-refractivity contribution in [3.05, 3.63) is 11.1 Å². The molecule has 0 nitrogen and oxygen atoms in total. The van der Waals surface area contributed by atoms with Gasteiger partial charge in [0.25, 0.3) is 0 Å².